The molecule has 0 aromatic carbocycles. The Morgan fingerprint density at radius 1 is 1.31 bits per heavy atom. The van der Waals surface area contributed by atoms with E-state index in [-0.39, 0.29) is 0 Å². The fourth-order valence-electron chi connectivity index (χ4n) is 1.60. The largest absolute Gasteiger partial charge is 0.308 e. The lowest BCUT2D eigenvalue weighted by molar-refractivity contribution is 0.182. The molecule has 0 aromatic rings. The molecular weight excluding hydrogens is 228 g/mol. The zero-order chi connectivity index (χ0) is 10.3. The van der Waals surface area contributed by atoms with E-state index < -0.39 is 0 Å². The maximum Gasteiger partial charge on any atom is 0.0194 e. The summed E-state index contributed by atoms with van der Waals surface area (Å²) in [4.78, 5) is 4.78. The third-order valence-corrected chi connectivity index (χ3v) is 2.80. The van der Waals surface area contributed by atoms with Crippen LogP contribution in [0.5, 0.6) is 0 Å². The van der Waals surface area contributed by atoms with Crippen LogP contribution in [0.4, 0.5) is 0 Å². The van der Waals surface area contributed by atoms with Crippen LogP contribution >= 0.6 is 15.9 Å². The molecule has 0 rings (SSSR count). The van der Waals surface area contributed by atoms with Crippen molar-refractivity contribution in [1.82, 2.24) is 9.80 Å². The highest BCUT2D eigenvalue weighted by Crippen LogP contribution is 2.02. The average Bonchev–Trinajstić information content (AvgIpc) is 2.04. The van der Waals surface area contributed by atoms with Crippen LogP contribution in [0.25, 0.3) is 0 Å². The topological polar surface area (TPSA) is 6.48 Å². The third kappa shape index (κ3) is 6.47. The first-order valence-electron chi connectivity index (χ1n) is 5.06. The molecule has 0 aliphatic heterocycles. The van der Waals surface area contributed by atoms with Gasteiger partial charge in [0.1, 0.15) is 0 Å². The van der Waals surface area contributed by atoms with Gasteiger partial charge in [-0.2, -0.15) is 0 Å². The van der Waals surface area contributed by atoms with Crippen LogP contribution in [-0.2, 0) is 0 Å². The minimum atomic E-state index is 0.666. The summed E-state index contributed by atoms with van der Waals surface area (Å²) in [6, 6.07) is 0.666. The molecule has 3 heteroatoms. The van der Waals surface area contributed by atoms with Gasteiger partial charge in [0.25, 0.3) is 0 Å². The molecular formula is C10H23BrN2. The monoisotopic (exact) mass is 250 g/mol. The van der Waals surface area contributed by atoms with E-state index in [1.54, 1.807) is 0 Å². The maximum atomic E-state index is 3.47. The molecule has 0 amide bonds. The lowest BCUT2D eigenvalue weighted by Gasteiger charge is -2.29. The predicted molar refractivity (Wildman–Crippen MR) is 63.7 cm³/mol. The standard InChI is InChI=1S/C10H23BrN2/c1-5-13(8-6-7-11)10(2)9-12(3)4/h10H,5-9H2,1-4H3. The Kier molecular flexibility index (Phi) is 8.01. The Hall–Kier alpha value is 0.400. The van der Waals surface area contributed by atoms with Crippen LogP contribution in [0, 0.1) is 0 Å². The molecule has 0 aromatic heterocycles. The second-order valence-electron chi connectivity index (χ2n) is 3.78. The Bertz CT molecular complexity index is 117. The summed E-state index contributed by atoms with van der Waals surface area (Å²) in [6.45, 7) is 8.05. The van der Waals surface area contributed by atoms with Crippen LogP contribution in [0.1, 0.15) is 20.3 Å². The molecule has 0 spiro atoms. The molecule has 0 bridgehead atoms. The number of rotatable bonds is 7. The van der Waals surface area contributed by atoms with E-state index >= 15 is 0 Å². The Morgan fingerprint density at radius 3 is 2.31 bits per heavy atom. The highest BCUT2D eigenvalue weighted by Gasteiger charge is 2.11. The molecule has 2 nitrogen and oxygen atoms in total. The highest BCUT2D eigenvalue weighted by molar-refractivity contribution is 9.09. The molecule has 0 heterocycles. The molecule has 0 N–H and O–H groups in total. The van der Waals surface area contributed by atoms with E-state index in [4.69, 9.17) is 0 Å². The molecule has 0 radical (unpaired) electrons. The normalized spacial score (nSPS) is 14.1. The van der Waals surface area contributed by atoms with Crippen LogP contribution in [0.3, 0.4) is 0 Å². The number of halogens is 1. The lowest BCUT2D eigenvalue weighted by atomic mass is 10.2. The van der Waals surface area contributed by atoms with Gasteiger partial charge >= 0.3 is 0 Å². The third-order valence-electron chi connectivity index (χ3n) is 2.24. The molecule has 13 heavy (non-hydrogen) atoms. The quantitative estimate of drug-likeness (QED) is 0.639. The van der Waals surface area contributed by atoms with Gasteiger partial charge in [-0.1, -0.05) is 22.9 Å². The zero-order valence-corrected chi connectivity index (χ0v) is 11.0. The number of hydrogen-bond donors (Lipinski definition) is 0. The van der Waals surface area contributed by atoms with E-state index in [1.807, 2.05) is 0 Å². The van der Waals surface area contributed by atoms with Crippen molar-refractivity contribution in [3.63, 3.8) is 0 Å². The van der Waals surface area contributed by atoms with Gasteiger partial charge in [-0.15, -0.1) is 0 Å². The zero-order valence-electron chi connectivity index (χ0n) is 9.39. The van der Waals surface area contributed by atoms with E-state index in [1.165, 1.54) is 13.0 Å². The minimum Gasteiger partial charge on any atom is -0.308 e. The van der Waals surface area contributed by atoms with Gasteiger partial charge in [-0.25, -0.2) is 0 Å². The Balaban J connectivity index is 3.77. The van der Waals surface area contributed by atoms with Crippen molar-refractivity contribution in [2.75, 3.05) is 39.1 Å². The second-order valence-corrected chi connectivity index (χ2v) is 4.58. The maximum absolute atomic E-state index is 3.47. The molecule has 0 saturated heterocycles. The molecule has 1 atom stereocenters. The van der Waals surface area contributed by atoms with Gasteiger partial charge in [-0.05, 0) is 40.5 Å². The summed E-state index contributed by atoms with van der Waals surface area (Å²) in [5, 5.41) is 1.11. The second kappa shape index (κ2) is 7.77. The van der Waals surface area contributed by atoms with E-state index in [2.05, 4.69) is 53.7 Å². The van der Waals surface area contributed by atoms with E-state index in [0.29, 0.717) is 6.04 Å². The lowest BCUT2D eigenvalue weighted by Crippen LogP contribution is -2.40. The summed E-state index contributed by atoms with van der Waals surface area (Å²) in [6.07, 6.45) is 1.24. The van der Waals surface area contributed by atoms with Crippen molar-refractivity contribution >= 4 is 15.9 Å². The van der Waals surface area contributed by atoms with Gasteiger partial charge in [-0.3, -0.25) is 4.90 Å². The van der Waals surface area contributed by atoms with Crippen molar-refractivity contribution < 1.29 is 0 Å². The van der Waals surface area contributed by atoms with Gasteiger partial charge < -0.3 is 4.90 Å². The SMILES string of the molecule is CCN(CCCBr)C(C)CN(C)C. The summed E-state index contributed by atoms with van der Waals surface area (Å²) < 4.78 is 0. The van der Waals surface area contributed by atoms with Gasteiger partial charge in [0.2, 0.25) is 0 Å². The van der Waals surface area contributed by atoms with Gasteiger partial charge in [0.05, 0.1) is 0 Å². The van der Waals surface area contributed by atoms with E-state index in [9.17, 15) is 0 Å². The molecule has 0 saturated carbocycles. The van der Waals surface area contributed by atoms with Crippen LogP contribution in [0.15, 0.2) is 0 Å². The fraction of sp³-hybridized carbons (Fsp3) is 1.00. The first-order valence-corrected chi connectivity index (χ1v) is 6.18. The van der Waals surface area contributed by atoms with Crippen molar-refractivity contribution in [2.24, 2.45) is 0 Å². The van der Waals surface area contributed by atoms with Crippen molar-refractivity contribution in [3.05, 3.63) is 0 Å². The molecule has 1 unspecified atom stereocenters. The summed E-state index contributed by atoms with van der Waals surface area (Å²) in [5.74, 6) is 0. The summed E-state index contributed by atoms with van der Waals surface area (Å²) >= 11 is 3.47. The Labute approximate surface area is 91.4 Å². The summed E-state index contributed by atoms with van der Waals surface area (Å²) in [5.41, 5.74) is 0. The van der Waals surface area contributed by atoms with Crippen molar-refractivity contribution in [2.45, 2.75) is 26.3 Å². The fourth-order valence-corrected chi connectivity index (χ4v) is 1.85. The van der Waals surface area contributed by atoms with E-state index in [0.717, 1.165) is 18.4 Å². The molecule has 0 fully saturated rings. The summed E-state index contributed by atoms with van der Waals surface area (Å²) in [7, 11) is 4.27. The first kappa shape index (κ1) is 13.4. The van der Waals surface area contributed by atoms with Crippen LogP contribution < -0.4 is 0 Å². The number of nitrogens with zero attached hydrogens (tertiary/aromatic N) is 2. The van der Waals surface area contributed by atoms with Crippen LogP contribution in [0.2, 0.25) is 0 Å². The van der Waals surface area contributed by atoms with Gasteiger partial charge in [0, 0.05) is 17.9 Å². The average molecular weight is 251 g/mol. The van der Waals surface area contributed by atoms with Crippen LogP contribution in [-0.4, -0.2) is 54.9 Å². The number of alkyl halides is 1. The smallest absolute Gasteiger partial charge is 0.0194 e. The molecule has 0 aliphatic carbocycles. The highest BCUT2D eigenvalue weighted by atomic mass is 79.9. The number of hydrogen-bond acceptors (Lipinski definition) is 2. The van der Waals surface area contributed by atoms with Crippen molar-refractivity contribution in [1.29, 1.82) is 0 Å². The van der Waals surface area contributed by atoms with Crippen molar-refractivity contribution in [3.8, 4) is 0 Å². The number of likely N-dealkylation sites (N-methyl/N-ethyl adjacent to an activating group) is 2. The molecule has 80 valence electrons. The van der Waals surface area contributed by atoms with Gasteiger partial charge in [0.15, 0.2) is 0 Å². The minimum absolute atomic E-state index is 0.666. The predicted octanol–water partition coefficient (Wildman–Crippen LogP) is 2.04. The Morgan fingerprint density at radius 2 is 1.92 bits per heavy atom. The first-order chi connectivity index (χ1) is 6.11. The molecule has 0 aliphatic rings.